The van der Waals surface area contributed by atoms with Crippen LogP contribution in [0.3, 0.4) is 0 Å². The number of benzene rings is 1. The van der Waals surface area contributed by atoms with E-state index in [1.54, 1.807) is 31.3 Å². The summed E-state index contributed by atoms with van der Waals surface area (Å²) in [5, 5.41) is 9.60. The smallest absolute Gasteiger partial charge is 0.325 e. The average Bonchev–Trinajstić information content (AvgIpc) is 2.50. The molecule has 1 atom stereocenters. The summed E-state index contributed by atoms with van der Waals surface area (Å²) in [4.78, 5) is 17.7. The van der Waals surface area contributed by atoms with Gasteiger partial charge in [-0.3, -0.25) is 9.69 Å². The fourth-order valence-electron chi connectivity index (χ4n) is 2.46. The van der Waals surface area contributed by atoms with Gasteiger partial charge in [-0.15, -0.1) is 0 Å². The van der Waals surface area contributed by atoms with E-state index in [0.29, 0.717) is 12.4 Å². The van der Waals surface area contributed by atoms with E-state index >= 15 is 0 Å². The molecule has 2 rings (SSSR count). The van der Waals surface area contributed by atoms with Crippen molar-refractivity contribution in [2.45, 2.75) is 19.5 Å². The molecule has 0 saturated carbocycles. The summed E-state index contributed by atoms with van der Waals surface area (Å²) in [5.41, 5.74) is 2.71. The summed E-state index contributed by atoms with van der Waals surface area (Å²) in [6.07, 6.45) is 1.70. The maximum Gasteiger partial charge on any atom is 0.325 e. The molecule has 0 aliphatic rings. The molecule has 0 spiro atoms. The van der Waals surface area contributed by atoms with Crippen LogP contribution in [0.1, 0.15) is 22.7 Å². The third-order valence-corrected chi connectivity index (χ3v) is 3.60. The van der Waals surface area contributed by atoms with Gasteiger partial charge in [-0.1, -0.05) is 30.3 Å². The van der Waals surface area contributed by atoms with Crippen molar-refractivity contribution in [3.63, 3.8) is 0 Å². The molecule has 1 aromatic heterocycles. The molecule has 1 unspecified atom stereocenters. The molecule has 2 aromatic rings. The van der Waals surface area contributed by atoms with E-state index in [9.17, 15) is 9.90 Å². The molecule has 0 fully saturated rings. The minimum atomic E-state index is -0.863. The number of methoxy groups -OCH3 is 1. The zero-order valence-electron chi connectivity index (χ0n) is 13.0. The number of pyridine rings is 1. The molecule has 0 amide bonds. The Morgan fingerprint density at radius 3 is 2.59 bits per heavy atom. The first kappa shape index (κ1) is 16.0. The van der Waals surface area contributed by atoms with E-state index in [1.165, 1.54) is 0 Å². The van der Waals surface area contributed by atoms with E-state index in [4.69, 9.17) is 4.74 Å². The second-order valence-corrected chi connectivity index (χ2v) is 5.22. The Morgan fingerprint density at radius 1 is 1.32 bits per heavy atom. The number of carboxylic acids is 1. The Labute approximate surface area is 130 Å². The highest BCUT2D eigenvalue weighted by Gasteiger charge is 2.26. The highest BCUT2D eigenvalue weighted by molar-refractivity contribution is 5.76. The lowest BCUT2D eigenvalue weighted by atomic mass is 10.00. The molecular formula is C17H20N2O3. The van der Waals surface area contributed by atoms with Crippen molar-refractivity contribution < 1.29 is 14.6 Å². The summed E-state index contributed by atoms with van der Waals surface area (Å²) in [6, 6.07) is 10.5. The van der Waals surface area contributed by atoms with Crippen LogP contribution >= 0.6 is 0 Å². The van der Waals surface area contributed by atoms with Gasteiger partial charge in [0.15, 0.2) is 0 Å². The number of ether oxygens (including phenoxy) is 1. The summed E-state index contributed by atoms with van der Waals surface area (Å²) in [5.74, 6) is -0.321. The standard InChI is InChI=1S/C17H20N2O3/c1-12-6-4-5-7-14(12)16(17(20)21)19(2)11-13-8-9-15(22-3)18-10-13/h4-10,16H,11H2,1-3H3,(H,20,21). The number of hydrogen-bond donors (Lipinski definition) is 1. The molecule has 0 saturated heterocycles. The quantitative estimate of drug-likeness (QED) is 0.888. The van der Waals surface area contributed by atoms with Gasteiger partial charge < -0.3 is 9.84 Å². The Hall–Kier alpha value is -2.40. The number of likely N-dealkylation sites (N-methyl/N-ethyl adjacent to an activating group) is 1. The highest BCUT2D eigenvalue weighted by atomic mass is 16.5. The molecule has 1 heterocycles. The minimum absolute atomic E-state index is 0.488. The van der Waals surface area contributed by atoms with Crippen molar-refractivity contribution in [3.8, 4) is 5.88 Å². The van der Waals surface area contributed by atoms with Crippen LogP contribution in [0.2, 0.25) is 0 Å². The number of aryl methyl sites for hydroxylation is 1. The number of rotatable bonds is 6. The molecule has 0 aliphatic heterocycles. The Balaban J connectivity index is 2.21. The van der Waals surface area contributed by atoms with E-state index in [0.717, 1.165) is 16.7 Å². The van der Waals surface area contributed by atoms with Crippen LogP contribution in [-0.4, -0.2) is 35.1 Å². The van der Waals surface area contributed by atoms with Crippen LogP contribution < -0.4 is 4.74 Å². The summed E-state index contributed by atoms with van der Waals surface area (Å²) in [6.45, 7) is 2.41. The van der Waals surface area contributed by atoms with Gasteiger partial charge in [-0.25, -0.2) is 4.98 Å². The minimum Gasteiger partial charge on any atom is -0.481 e. The Bertz CT molecular complexity index is 641. The van der Waals surface area contributed by atoms with Gasteiger partial charge in [0.05, 0.1) is 7.11 Å². The largest absolute Gasteiger partial charge is 0.481 e. The van der Waals surface area contributed by atoms with Crippen LogP contribution in [0.15, 0.2) is 42.6 Å². The van der Waals surface area contributed by atoms with Crippen molar-refractivity contribution in [2.75, 3.05) is 14.2 Å². The first-order valence-corrected chi connectivity index (χ1v) is 7.00. The molecule has 22 heavy (non-hydrogen) atoms. The summed E-state index contributed by atoms with van der Waals surface area (Å²) < 4.78 is 5.03. The zero-order valence-corrected chi connectivity index (χ0v) is 13.0. The lowest BCUT2D eigenvalue weighted by Gasteiger charge is -2.26. The fraction of sp³-hybridized carbons (Fsp3) is 0.294. The third-order valence-electron chi connectivity index (χ3n) is 3.60. The van der Waals surface area contributed by atoms with Crippen LogP contribution in [0, 0.1) is 6.92 Å². The molecular weight excluding hydrogens is 280 g/mol. The molecule has 0 bridgehead atoms. The fourth-order valence-corrected chi connectivity index (χ4v) is 2.46. The Morgan fingerprint density at radius 2 is 2.05 bits per heavy atom. The third kappa shape index (κ3) is 3.62. The monoisotopic (exact) mass is 300 g/mol. The predicted octanol–water partition coefficient (Wildman–Crippen LogP) is 2.66. The summed E-state index contributed by atoms with van der Waals surface area (Å²) in [7, 11) is 3.36. The van der Waals surface area contributed by atoms with Crippen LogP contribution in [-0.2, 0) is 11.3 Å². The number of aliphatic carboxylic acids is 1. The van der Waals surface area contributed by atoms with Crippen molar-refractivity contribution >= 4 is 5.97 Å². The average molecular weight is 300 g/mol. The number of aromatic nitrogens is 1. The molecule has 5 nitrogen and oxygen atoms in total. The molecule has 1 aromatic carbocycles. The molecule has 1 N–H and O–H groups in total. The lowest BCUT2D eigenvalue weighted by Crippen LogP contribution is -2.31. The topological polar surface area (TPSA) is 62.7 Å². The van der Waals surface area contributed by atoms with E-state index < -0.39 is 12.0 Å². The first-order chi connectivity index (χ1) is 10.5. The predicted molar refractivity (Wildman–Crippen MR) is 83.8 cm³/mol. The van der Waals surface area contributed by atoms with Gasteiger partial charge in [-0.05, 0) is 30.7 Å². The van der Waals surface area contributed by atoms with E-state index in [-0.39, 0.29) is 0 Å². The van der Waals surface area contributed by atoms with Crippen molar-refractivity contribution in [2.24, 2.45) is 0 Å². The van der Waals surface area contributed by atoms with Crippen molar-refractivity contribution in [1.29, 1.82) is 0 Å². The molecule has 0 radical (unpaired) electrons. The van der Waals surface area contributed by atoms with Crippen LogP contribution in [0.25, 0.3) is 0 Å². The normalized spacial score (nSPS) is 12.2. The summed E-state index contributed by atoms with van der Waals surface area (Å²) >= 11 is 0. The Kier molecular flexibility index (Phi) is 5.12. The number of carbonyl (C=O) groups is 1. The van der Waals surface area contributed by atoms with E-state index in [2.05, 4.69) is 4.98 Å². The van der Waals surface area contributed by atoms with Gasteiger partial charge in [0.1, 0.15) is 6.04 Å². The van der Waals surface area contributed by atoms with Gasteiger partial charge in [0, 0.05) is 18.8 Å². The van der Waals surface area contributed by atoms with Gasteiger partial charge >= 0.3 is 5.97 Å². The van der Waals surface area contributed by atoms with Crippen molar-refractivity contribution in [3.05, 3.63) is 59.3 Å². The second kappa shape index (κ2) is 7.04. The number of carboxylic acid groups (broad SMARTS) is 1. The lowest BCUT2D eigenvalue weighted by molar-refractivity contribution is -0.143. The molecule has 116 valence electrons. The van der Waals surface area contributed by atoms with Crippen molar-refractivity contribution in [1.82, 2.24) is 9.88 Å². The highest BCUT2D eigenvalue weighted by Crippen LogP contribution is 2.24. The molecule has 0 aliphatic carbocycles. The molecule has 5 heteroatoms. The van der Waals surface area contributed by atoms with Crippen LogP contribution in [0.5, 0.6) is 5.88 Å². The number of nitrogens with zero attached hydrogens (tertiary/aromatic N) is 2. The van der Waals surface area contributed by atoms with Gasteiger partial charge in [0.2, 0.25) is 5.88 Å². The van der Waals surface area contributed by atoms with Gasteiger partial charge in [-0.2, -0.15) is 0 Å². The van der Waals surface area contributed by atoms with E-state index in [1.807, 2.05) is 37.3 Å². The maximum absolute atomic E-state index is 11.7. The second-order valence-electron chi connectivity index (χ2n) is 5.22. The van der Waals surface area contributed by atoms with Gasteiger partial charge in [0.25, 0.3) is 0 Å². The zero-order chi connectivity index (χ0) is 16.1. The first-order valence-electron chi connectivity index (χ1n) is 7.00. The maximum atomic E-state index is 11.7. The SMILES string of the molecule is COc1ccc(CN(C)C(C(=O)O)c2ccccc2C)cn1. The number of hydrogen-bond acceptors (Lipinski definition) is 4. The van der Waals surface area contributed by atoms with Crippen LogP contribution in [0.4, 0.5) is 0 Å².